The highest BCUT2D eigenvalue weighted by Gasteiger charge is 2.34. The van der Waals surface area contributed by atoms with Crippen molar-refractivity contribution in [3.63, 3.8) is 0 Å². The summed E-state index contributed by atoms with van der Waals surface area (Å²) in [6, 6.07) is 12.9. The maximum absolute atomic E-state index is 11.7. The summed E-state index contributed by atoms with van der Waals surface area (Å²) >= 11 is 3.44. The van der Waals surface area contributed by atoms with Gasteiger partial charge in [-0.15, -0.1) is 6.58 Å². The lowest BCUT2D eigenvalue weighted by molar-refractivity contribution is 0.0387. The van der Waals surface area contributed by atoms with Gasteiger partial charge in [0, 0.05) is 16.7 Å². The molecular formula is C25H33BrN2O2. The molecule has 3 N–H and O–H groups in total. The molecule has 30 heavy (non-hydrogen) atoms. The minimum Gasteiger partial charge on any atom is -0.475 e. The van der Waals surface area contributed by atoms with E-state index in [2.05, 4.69) is 40.9 Å². The third kappa shape index (κ3) is 5.75. The first-order chi connectivity index (χ1) is 14.4. The summed E-state index contributed by atoms with van der Waals surface area (Å²) in [5.74, 6) is 0.553. The number of likely N-dealkylation sites (N-methyl/N-ethyl adjacent to an activating group) is 1. The molecule has 2 rings (SSSR count). The molecule has 4 nitrogen and oxygen atoms in total. The maximum Gasteiger partial charge on any atom is 0.152 e. The highest BCUT2D eigenvalue weighted by molar-refractivity contribution is 9.10. The fourth-order valence-corrected chi connectivity index (χ4v) is 3.79. The van der Waals surface area contributed by atoms with Crippen LogP contribution in [-0.2, 0) is 5.60 Å². The largest absolute Gasteiger partial charge is 0.475 e. The summed E-state index contributed by atoms with van der Waals surface area (Å²) in [6.07, 6.45) is 7.42. The lowest BCUT2D eigenvalue weighted by Crippen LogP contribution is -2.37. The van der Waals surface area contributed by atoms with Crippen molar-refractivity contribution in [3.05, 3.63) is 83.4 Å². The first-order valence-corrected chi connectivity index (χ1v) is 11.1. The lowest BCUT2D eigenvalue weighted by Gasteiger charge is -2.33. The van der Waals surface area contributed by atoms with Gasteiger partial charge in [0.1, 0.15) is 11.4 Å². The number of unbranched alkanes of at least 4 members (excludes halogenated alkanes) is 2. The van der Waals surface area contributed by atoms with Gasteiger partial charge >= 0.3 is 0 Å². The number of benzene rings is 2. The van der Waals surface area contributed by atoms with E-state index < -0.39 is 5.60 Å². The zero-order valence-electron chi connectivity index (χ0n) is 18.0. The van der Waals surface area contributed by atoms with E-state index in [1.54, 1.807) is 6.07 Å². The van der Waals surface area contributed by atoms with Crippen LogP contribution in [0.4, 0.5) is 5.69 Å². The Morgan fingerprint density at radius 1 is 1.20 bits per heavy atom. The number of ether oxygens (including phenoxy) is 1. The van der Waals surface area contributed by atoms with Gasteiger partial charge in [-0.05, 0) is 49.7 Å². The van der Waals surface area contributed by atoms with Crippen molar-refractivity contribution in [2.45, 2.75) is 44.4 Å². The Morgan fingerprint density at radius 2 is 1.90 bits per heavy atom. The molecule has 0 aliphatic rings. The fourth-order valence-electron chi connectivity index (χ4n) is 3.53. The lowest BCUT2D eigenvalue weighted by atomic mass is 9.85. The van der Waals surface area contributed by atoms with Crippen molar-refractivity contribution < 1.29 is 9.84 Å². The molecule has 0 bridgehead atoms. The third-order valence-corrected chi connectivity index (χ3v) is 5.77. The number of nitrogens with zero attached hydrogens (tertiary/aromatic N) is 1. The minimum absolute atomic E-state index is 0.158. The highest BCUT2D eigenvalue weighted by atomic mass is 79.9. The highest BCUT2D eigenvalue weighted by Crippen LogP contribution is 2.41. The van der Waals surface area contributed by atoms with E-state index in [1.165, 1.54) is 6.08 Å². The number of nitrogen functional groups attached to an aromatic ring is 1. The average molecular weight is 473 g/mol. The molecular weight excluding hydrogens is 440 g/mol. The van der Waals surface area contributed by atoms with Crippen molar-refractivity contribution in [3.8, 4) is 5.75 Å². The Balaban J connectivity index is 2.48. The Morgan fingerprint density at radius 3 is 2.50 bits per heavy atom. The van der Waals surface area contributed by atoms with Crippen LogP contribution in [0.3, 0.4) is 0 Å². The SMILES string of the molecule is C=CCN(C)C(CCCCC)Oc1cccc(N)c1C(O)(C=C)c1ccc(Br)cc1. The van der Waals surface area contributed by atoms with Crippen LogP contribution in [0.5, 0.6) is 5.75 Å². The first kappa shape index (κ1) is 24.2. The Bertz CT molecular complexity index is 838. The fraction of sp³-hybridized carbons (Fsp3) is 0.360. The predicted octanol–water partition coefficient (Wildman–Crippen LogP) is 5.86. The Labute approximate surface area is 189 Å². The second kappa shape index (κ2) is 11.3. The second-order valence-electron chi connectivity index (χ2n) is 7.49. The number of nitrogens with two attached hydrogens (primary N) is 1. The maximum atomic E-state index is 11.7. The number of rotatable bonds is 12. The summed E-state index contributed by atoms with van der Waals surface area (Å²) in [5, 5.41) is 11.7. The van der Waals surface area contributed by atoms with Crippen molar-refractivity contribution in [2.24, 2.45) is 0 Å². The van der Waals surface area contributed by atoms with E-state index in [4.69, 9.17) is 10.5 Å². The van der Waals surface area contributed by atoms with Crippen LogP contribution in [0.25, 0.3) is 0 Å². The zero-order chi connectivity index (χ0) is 22.1. The molecule has 0 heterocycles. The summed E-state index contributed by atoms with van der Waals surface area (Å²) < 4.78 is 7.39. The molecule has 2 aromatic rings. The number of aliphatic hydroxyl groups is 1. The predicted molar refractivity (Wildman–Crippen MR) is 130 cm³/mol. The number of hydrogen-bond acceptors (Lipinski definition) is 4. The third-order valence-electron chi connectivity index (χ3n) is 5.25. The van der Waals surface area contributed by atoms with Gasteiger partial charge in [0.2, 0.25) is 0 Å². The molecule has 0 aliphatic carbocycles. The molecule has 162 valence electrons. The summed E-state index contributed by atoms with van der Waals surface area (Å²) in [7, 11) is 2.01. The molecule has 0 saturated carbocycles. The van der Waals surface area contributed by atoms with Crippen LogP contribution in [0.15, 0.2) is 72.2 Å². The molecule has 0 amide bonds. The first-order valence-electron chi connectivity index (χ1n) is 10.4. The average Bonchev–Trinajstić information content (AvgIpc) is 2.73. The topological polar surface area (TPSA) is 58.7 Å². The molecule has 0 saturated heterocycles. The van der Waals surface area contributed by atoms with Gasteiger partial charge in [0.05, 0.1) is 5.56 Å². The van der Waals surface area contributed by atoms with Gasteiger partial charge in [-0.1, -0.05) is 72.6 Å². The quantitative estimate of drug-likeness (QED) is 0.176. The van der Waals surface area contributed by atoms with Crippen LogP contribution < -0.4 is 10.5 Å². The summed E-state index contributed by atoms with van der Waals surface area (Å²) in [6.45, 7) is 10.6. The van der Waals surface area contributed by atoms with Gasteiger partial charge in [0.25, 0.3) is 0 Å². The van der Waals surface area contributed by atoms with E-state index in [0.29, 0.717) is 29.1 Å². The van der Waals surface area contributed by atoms with Crippen LogP contribution in [-0.4, -0.2) is 29.8 Å². The summed E-state index contributed by atoms with van der Waals surface area (Å²) in [5.41, 5.74) is 6.51. The van der Waals surface area contributed by atoms with Crippen molar-refractivity contribution in [1.82, 2.24) is 4.90 Å². The van der Waals surface area contributed by atoms with E-state index in [-0.39, 0.29) is 6.23 Å². The van der Waals surface area contributed by atoms with E-state index in [0.717, 1.165) is 30.2 Å². The number of hydrogen-bond donors (Lipinski definition) is 2. The molecule has 2 atom stereocenters. The van der Waals surface area contributed by atoms with E-state index >= 15 is 0 Å². The monoisotopic (exact) mass is 472 g/mol. The van der Waals surface area contributed by atoms with Gasteiger partial charge in [-0.25, -0.2) is 0 Å². The van der Waals surface area contributed by atoms with Crippen LogP contribution in [0, 0.1) is 0 Å². The molecule has 0 aromatic heterocycles. The minimum atomic E-state index is -1.48. The van der Waals surface area contributed by atoms with Crippen molar-refractivity contribution in [2.75, 3.05) is 19.3 Å². The summed E-state index contributed by atoms with van der Waals surface area (Å²) in [4.78, 5) is 2.11. The molecule has 2 aromatic carbocycles. The van der Waals surface area contributed by atoms with E-state index in [1.807, 2.05) is 49.5 Å². The van der Waals surface area contributed by atoms with Gasteiger partial charge in [-0.2, -0.15) is 0 Å². The molecule has 0 aliphatic heterocycles. The van der Waals surface area contributed by atoms with Gasteiger partial charge < -0.3 is 15.6 Å². The zero-order valence-corrected chi connectivity index (χ0v) is 19.6. The molecule has 2 unspecified atom stereocenters. The standard InChI is InChI=1S/C25H33BrN2O2/c1-5-8-9-13-23(28(4)18-6-2)30-22-12-10-11-21(27)24(22)25(29,7-3)19-14-16-20(26)17-15-19/h6-7,10-12,14-17,23,29H,2-3,5,8-9,13,18,27H2,1,4H3. The van der Waals surface area contributed by atoms with Crippen molar-refractivity contribution >= 4 is 21.6 Å². The van der Waals surface area contributed by atoms with Gasteiger partial charge in [-0.3, -0.25) is 4.90 Å². The molecule has 5 heteroatoms. The molecule has 0 radical (unpaired) electrons. The Kier molecular flexibility index (Phi) is 9.15. The molecule has 0 fully saturated rings. The van der Waals surface area contributed by atoms with Crippen LogP contribution >= 0.6 is 15.9 Å². The smallest absolute Gasteiger partial charge is 0.152 e. The normalized spacial score (nSPS) is 14.2. The van der Waals surface area contributed by atoms with Crippen LogP contribution in [0.1, 0.15) is 43.7 Å². The number of anilines is 1. The second-order valence-corrected chi connectivity index (χ2v) is 8.41. The van der Waals surface area contributed by atoms with E-state index in [9.17, 15) is 5.11 Å². The Hall–Kier alpha value is -2.08. The van der Waals surface area contributed by atoms with Crippen LogP contribution in [0.2, 0.25) is 0 Å². The van der Waals surface area contributed by atoms with Gasteiger partial charge in [0.15, 0.2) is 6.23 Å². The number of halogens is 1. The van der Waals surface area contributed by atoms with Crippen molar-refractivity contribution in [1.29, 1.82) is 0 Å². The molecule has 0 spiro atoms.